The van der Waals surface area contributed by atoms with Crippen molar-refractivity contribution in [1.29, 1.82) is 0 Å². The first kappa shape index (κ1) is 11.0. The molecule has 6 nitrogen and oxygen atoms in total. The molecule has 0 bridgehead atoms. The second-order valence-electron chi connectivity index (χ2n) is 2.16. The Hall–Kier alpha value is -0.980. The largest absolute Gasteiger partial charge is 0.388 e. The number of Topliss-reactive ketones (excluding diaryl/α,β-unsaturated/α-hetero) is 1. The van der Waals surface area contributed by atoms with E-state index in [9.17, 15) is 9.59 Å². The maximum Gasteiger partial charge on any atom is 0.207 e. The van der Waals surface area contributed by atoms with Crippen molar-refractivity contribution in [2.75, 3.05) is 13.2 Å². The van der Waals surface area contributed by atoms with E-state index in [1.807, 2.05) is 0 Å². The van der Waals surface area contributed by atoms with Crippen LogP contribution in [-0.4, -0.2) is 52.9 Å². The smallest absolute Gasteiger partial charge is 0.207 e. The summed E-state index contributed by atoms with van der Waals surface area (Å²) in [4.78, 5) is 20.3. The lowest BCUT2D eigenvalue weighted by atomic mass is 10.1. The zero-order valence-corrected chi connectivity index (χ0v) is 6.30. The predicted octanol–water partition coefficient (Wildman–Crippen LogP) is -2.98. The molecular formula is C6H11NO5. The SMILES string of the molecule is O=CNC[C@H](O)[C@@H](O)C(=O)CO. The van der Waals surface area contributed by atoms with Gasteiger partial charge in [0.25, 0.3) is 0 Å². The summed E-state index contributed by atoms with van der Waals surface area (Å²) in [6, 6.07) is 0. The molecule has 0 aliphatic rings. The Labute approximate surface area is 68.8 Å². The lowest BCUT2D eigenvalue weighted by Crippen LogP contribution is -2.41. The molecule has 0 aliphatic carbocycles. The predicted molar refractivity (Wildman–Crippen MR) is 38.2 cm³/mol. The number of carbonyl (C=O) groups excluding carboxylic acids is 2. The van der Waals surface area contributed by atoms with Crippen LogP contribution in [0, 0.1) is 0 Å². The monoisotopic (exact) mass is 177 g/mol. The summed E-state index contributed by atoms with van der Waals surface area (Å²) < 4.78 is 0. The molecule has 0 fully saturated rings. The Bertz CT molecular complexity index is 160. The van der Waals surface area contributed by atoms with Crippen LogP contribution in [-0.2, 0) is 9.59 Å². The Balaban J connectivity index is 3.82. The van der Waals surface area contributed by atoms with E-state index in [0.29, 0.717) is 6.41 Å². The van der Waals surface area contributed by atoms with Crippen molar-refractivity contribution >= 4 is 12.2 Å². The van der Waals surface area contributed by atoms with Gasteiger partial charge in [0.2, 0.25) is 6.41 Å². The van der Waals surface area contributed by atoms with Gasteiger partial charge in [0.05, 0.1) is 0 Å². The van der Waals surface area contributed by atoms with Gasteiger partial charge in [-0.05, 0) is 0 Å². The zero-order valence-electron chi connectivity index (χ0n) is 6.30. The minimum Gasteiger partial charge on any atom is -0.388 e. The molecule has 0 aliphatic heterocycles. The van der Waals surface area contributed by atoms with Crippen LogP contribution in [0.25, 0.3) is 0 Å². The van der Waals surface area contributed by atoms with E-state index in [0.717, 1.165) is 0 Å². The van der Waals surface area contributed by atoms with Gasteiger partial charge < -0.3 is 20.6 Å². The van der Waals surface area contributed by atoms with Crippen LogP contribution in [0.15, 0.2) is 0 Å². The molecule has 0 aromatic heterocycles. The molecule has 2 atom stereocenters. The van der Waals surface area contributed by atoms with E-state index in [1.54, 1.807) is 0 Å². The quantitative estimate of drug-likeness (QED) is 0.324. The topological polar surface area (TPSA) is 107 Å². The summed E-state index contributed by atoms with van der Waals surface area (Å²) in [5.41, 5.74) is 0. The highest BCUT2D eigenvalue weighted by atomic mass is 16.3. The van der Waals surface area contributed by atoms with Crippen LogP contribution in [0.5, 0.6) is 0 Å². The number of aliphatic hydroxyl groups excluding tert-OH is 3. The fourth-order valence-corrected chi connectivity index (χ4v) is 0.589. The van der Waals surface area contributed by atoms with E-state index in [2.05, 4.69) is 5.32 Å². The van der Waals surface area contributed by atoms with Gasteiger partial charge in [-0.25, -0.2) is 0 Å². The highest BCUT2D eigenvalue weighted by molar-refractivity contribution is 5.84. The Morgan fingerprint density at radius 2 is 2.08 bits per heavy atom. The van der Waals surface area contributed by atoms with Crippen molar-refractivity contribution in [3.8, 4) is 0 Å². The van der Waals surface area contributed by atoms with Crippen LogP contribution >= 0.6 is 0 Å². The molecule has 0 aromatic carbocycles. The van der Waals surface area contributed by atoms with Crippen molar-refractivity contribution in [2.24, 2.45) is 0 Å². The first-order chi connectivity index (χ1) is 5.63. The van der Waals surface area contributed by atoms with Crippen LogP contribution in [0.4, 0.5) is 0 Å². The van der Waals surface area contributed by atoms with Gasteiger partial charge in [-0.2, -0.15) is 0 Å². The number of rotatable bonds is 6. The lowest BCUT2D eigenvalue weighted by Gasteiger charge is -2.14. The van der Waals surface area contributed by atoms with Crippen molar-refractivity contribution in [3.05, 3.63) is 0 Å². The molecule has 0 saturated carbocycles. The molecule has 4 N–H and O–H groups in total. The molecule has 0 saturated heterocycles. The lowest BCUT2D eigenvalue weighted by molar-refractivity contribution is -0.135. The molecule has 0 unspecified atom stereocenters. The van der Waals surface area contributed by atoms with E-state index < -0.39 is 24.6 Å². The fraction of sp³-hybridized carbons (Fsp3) is 0.667. The molecule has 1 amide bonds. The van der Waals surface area contributed by atoms with Gasteiger partial charge in [0.1, 0.15) is 18.8 Å². The number of amides is 1. The second-order valence-corrected chi connectivity index (χ2v) is 2.16. The number of carbonyl (C=O) groups is 2. The molecule has 12 heavy (non-hydrogen) atoms. The van der Waals surface area contributed by atoms with E-state index in [1.165, 1.54) is 0 Å². The summed E-state index contributed by atoms with van der Waals surface area (Å²) in [5.74, 6) is -0.879. The van der Waals surface area contributed by atoms with Gasteiger partial charge >= 0.3 is 0 Å². The number of nitrogens with one attached hydrogen (secondary N) is 1. The van der Waals surface area contributed by atoms with Gasteiger partial charge in [0, 0.05) is 6.54 Å². The minimum atomic E-state index is -1.65. The maximum atomic E-state index is 10.5. The highest BCUT2D eigenvalue weighted by Gasteiger charge is 2.22. The summed E-state index contributed by atoms with van der Waals surface area (Å²) in [6.45, 7) is -1.06. The fourth-order valence-electron chi connectivity index (χ4n) is 0.589. The molecule has 0 aromatic rings. The Morgan fingerprint density at radius 3 is 2.50 bits per heavy atom. The van der Waals surface area contributed by atoms with E-state index in [-0.39, 0.29) is 6.54 Å². The van der Waals surface area contributed by atoms with Crippen molar-refractivity contribution in [1.82, 2.24) is 5.32 Å². The standard InChI is InChI=1S/C6H11NO5/c8-2-5(11)6(12)4(10)1-7-3-9/h3-4,6,8,10,12H,1-2H2,(H,7,9)/t4-,6+/m0/s1. The Kier molecular flexibility index (Phi) is 5.18. The molecule has 6 heteroatoms. The number of hydrogen-bond acceptors (Lipinski definition) is 5. The van der Waals surface area contributed by atoms with Crippen LogP contribution in [0.3, 0.4) is 0 Å². The van der Waals surface area contributed by atoms with Crippen molar-refractivity contribution < 1.29 is 24.9 Å². The highest BCUT2D eigenvalue weighted by Crippen LogP contribution is 1.93. The van der Waals surface area contributed by atoms with Crippen LogP contribution < -0.4 is 5.32 Å². The third-order valence-corrected chi connectivity index (χ3v) is 1.26. The summed E-state index contributed by atoms with van der Waals surface area (Å²) in [7, 11) is 0. The van der Waals surface area contributed by atoms with Crippen LogP contribution in [0.1, 0.15) is 0 Å². The van der Waals surface area contributed by atoms with Gasteiger partial charge in [0.15, 0.2) is 5.78 Å². The molecule has 0 rings (SSSR count). The molecule has 70 valence electrons. The van der Waals surface area contributed by atoms with E-state index in [4.69, 9.17) is 15.3 Å². The van der Waals surface area contributed by atoms with E-state index >= 15 is 0 Å². The third kappa shape index (κ3) is 3.42. The summed E-state index contributed by atoms with van der Waals surface area (Å²) in [6.07, 6.45) is -2.70. The van der Waals surface area contributed by atoms with Crippen molar-refractivity contribution in [2.45, 2.75) is 12.2 Å². The summed E-state index contributed by atoms with van der Waals surface area (Å²) in [5, 5.41) is 28.2. The van der Waals surface area contributed by atoms with Crippen molar-refractivity contribution in [3.63, 3.8) is 0 Å². The normalized spacial score (nSPS) is 14.9. The number of hydrogen-bond donors (Lipinski definition) is 4. The minimum absolute atomic E-state index is 0.226. The second kappa shape index (κ2) is 5.64. The Morgan fingerprint density at radius 1 is 1.50 bits per heavy atom. The van der Waals surface area contributed by atoms with Gasteiger partial charge in [-0.3, -0.25) is 9.59 Å². The first-order valence-corrected chi connectivity index (χ1v) is 3.30. The van der Waals surface area contributed by atoms with Gasteiger partial charge in [-0.1, -0.05) is 0 Å². The zero-order chi connectivity index (χ0) is 9.56. The molecule has 0 spiro atoms. The average molecular weight is 177 g/mol. The molecule has 0 heterocycles. The molecular weight excluding hydrogens is 166 g/mol. The number of aliphatic hydroxyl groups is 3. The third-order valence-electron chi connectivity index (χ3n) is 1.26. The van der Waals surface area contributed by atoms with Crippen LogP contribution in [0.2, 0.25) is 0 Å². The first-order valence-electron chi connectivity index (χ1n) is 3.30. The molecule has 0 radical (unpaired) electrons. The average Bonchev–Trinajstić information content (AvgIpc) is 2.11. The number of ketones is 1. The summed E-state index contributed by atoms with van der Waals surface area (Å²) >= 11 is 0. The maximum absolute atomic E-state index is 10.5. The van der Waals surface area contributed by atoms with Gasteiger partial charge in [-0.15, -0.1) is 0 Å².